The molecule has 0 radical (unpaired) electrons. The van der Waals surface area contributed by atoms with Gasteiger partial charge in [0.2, 0.25) is 5.91 Å². The van der Waals surface area contributed by atoms with E-state index in [1.54, 1.807) is 4.90 Å². The van der Waals surface area contributed by atoms with Gasteiger partial charge < -0.3 is 24.5 Å². The molecule has 156 valence electrons. The van der Waals surface area contributed by atoms with Gasteiger partial charge in [0.15, 0.2) is 6.10 Å². The maximum Gasteiger partial charge on any atom is 0.333 e. The Bertz CT molecular complexity index is 830. The fourth-order valence-electron chi connectivity index (χ4n) is 3.45. The Morgan fingerprint density at radius 2 is 1.79 bits per heavy atom. The molecule has 1 saturated heterocycles. The number of aromatic nitrogens is 2. The van der Waals surface area contributed by atoms with Crippen LogP contribution >= 0.6 is 0 Å². The molecule has 2 atom stereocenters. The molecule has 1 amide bonds. The zero-order valence-corrected chi connectivity index (χ0v) is 16.6. The van der Waals surface area contributed by atoms with Gasteiger partial charge in [0.25, 0.3) is 11.8 Å². The number of carboxylic acid groups (broad SMARTS) is 1. The molecule has 0 unspecified atom stereocenters. The van der Waals surface area contributed by atoms with Gasteiger partial charge in [0, 0.05) is 31.7 Å². The maximum absolute atomic E-state index is 12.8. The maximum atomic E-state index is 12.8. The Morgan fingerprint density at radius 3 is 2.38 bits per heavy atom. The summed E-state index contributed by atoms with van der Waals surface area (Å²) in [5, 5.41) is 23.2. The number of nitrogens with zero attached hydrogens (tertiary/aromatic N) is 4. The second-order valence-electron chi connectivity index (χ2n) is 7.60. The predicted octanol–water partition coefficient (Wildman–Crippen LogP) is 1.49. The predicted molar refractivity (Wildman–Crippen MR) is 105 cm³/mol. The van der Waals surface area contributed by atoms with Crippen LogP contribution in [0.25, 0.3) is 11.5 Å². The van der Waals surface area contributed by atoms with Gasteiger partial charge in [-0.05, 0) is 29.6 Å². The molecule has 1 aliphatic rings. The average Bonchev–Trinajstić information content (AvgIpc) is 3.22. The molecule has 0 spiro atoms. The molecule has 0 aliphatic carbocycles. The number of aliphatic hydroxyl groups excluding tert-OH is 1. The van der Waals surface area contributed by atoms with Crippen molar-refractivity contribution in [3.8, 4) is 11.5 Å². The van der Waals surface area contributed by atoms with Crippen molar-refractivity contribution >= 4 is 17.8 Å². The van der Waals surface area contributed by atoms with Crippen LogP contribution in [-0.2, 0) is 9.59 Å². The van der Waals surface area contributed by atoms with E-state index in [-0.39, 0.29) is 11.8 Å². The van der Waals surface area contributed by atoms with E-state index in [9.17, 15) is 14.7 Å². The molecule has 2 aromatic rings. The van der Waals surface area contributed by atoms with Crippen molar-refractivity contribution in [2.45, 2.75) is 26.4 Å². The average molecular weight is 402 g/mol. The number of carbonyl (C=O) groups excluding carboxylic acids is 1. The Balaban J connectivity index is 1.63. The Hall–Kier alpha value is -2.94. The molecule has 1 aromatic carbocycles. The Morgan fingerprint density at radius 1 is 1.14 bits per heavy atom. The number of carboxylic acids is 1. The van der Waals surface area contributed by atoms with Gasteiger partial charge in [-0.3, -0.25) is 4.79 Å². The van der Waals surface area contributed by atoms with Crippen LogP contribution in [-0.4, -0.2) is 69.4 Å². The van der Waals surface area contributed by atoms with Gasteiger partial charge in [-0.25, -0.2) is 4.79 Å². The molecule has 3 rings (SSSR count). The van der Waals surface area contributed by atoms with E-state index >= 15 is 0 Å². The SMILES string of the molecule is CC(C)C[C@H](C(=O)N1CCN(c2noc(-c3ccccc3)n2)CC1)[C@@H](O)C(=O)O. The molecular weight excluding hydrogens is 376 g/mol. The molecule has 29 heavy (non-hydrogen) atoms. The smallest absolute Gasteiger partial charge is 0.333 e. The standard InChI is InChI=1S/C20H26N4O5/c1-13(2)12-15(16(25)19(27)28)18(26)23-8-10-24(11-9-23)20-21-17(29-22-20)14-6-4-3-5-7-14/h3-7,13,15-16,25H,8-12H2,1-2H3,(H,27,28)/t15-,16+/m0/s1. The second kappa shape index (κ2) is 9.04. The van der Waals surface area contributed by atoms with Crippen molar-refractivity contribution in [3.05, 3.63) is 30.3 Å². The van der Waals surface area contributed by atoms with Crippen LogP contribution in [0.15, 0.2) is 34.9 Å². The van der Waals surface area contributed by atoms with Crippen LogP contribution in [0.4, 0.5) is 5.95 Å². The number of piperazine rings is 1. The molecule has 1 aliphatic heterocycles. The summed E-state index contributed by atoms with van der Waals surface area (Å²) in [6, 6.07) is 9.46. The number of hydrogen-bond acceptors (Lipinski definition) is 7. The minimum absolute atomic E-state index is 0.0926. The lowest BCUT2D eigenvalue weighted by Gasteiger charge is -2.36. The lowest BCUT2D eigenvalue weighted by Crippen LogP contribution is -2.53. The Labute approximate surface area is 168 Å². The van der Waals surface area contributed by atoms with Crippen molar-refractivity contribution in [2.24, 2.45) is 11.8 Å². The number of benzene rings is 1. The van der Waals surface area contributed by atoms with E-state index in [1.165, 1.54) is 0 Å². The fraction of sp³-hybridized carbons (Fsp3) is 0.500. The highest BCUT2D eigenvalue weighted by Crippen LogP contribution is 2.23. The molecule has 2 heterocycles. The number of rotatable bonds is 7. The van der Waals surface area contributed by atoms with E-state index in [4.69, 9.17) is 9.63 Å². The van der Waals surface area contributed by atoms with Crippen LogP contribution in [0.3, 0.4) is 0 Å². The Kier molecular flexibility index (Phi) is 6.48. The van der Waals surface area contributed by atoms with Gasteiger partial charge in [0.1, 0.15) is 0 Å². The van der Waals surface area contributed by atoms with Crippen LogP contribution in [0.1, 0.15) is 20.3 Å². The van der Waals surface area contributed by atoms with Gasteiger partial charge in [-0.15, -0.1) is 0 Å². The topological polar surface area (TPSA) is 120 Å². The van der Waals surface area contributed by atoms with E-state index in [0.717, 1.165) is 5.56 Å². The third-order valence-electron chi connectivity index (χ3n) is 4.99. The normalized spacial score (nSPS) is 16.7. The first-order valence-electron chi connectivity index (χ1n) is 9.70. The van der Waals surface area contributed by atoms with Crippen molar-refractivity contribution in [2.75, 3.05) is 31.1 Å². The number of aliphatic hydroxyl groups is 1. The van der Waals surface area contributed by atoms with Gasteiger partial charge in [-0.2, -0.15) is 4.98 Å². The highest BCUT2D eigenvalue weighted by molar-refractivity contribution is 5.86. The second-order valence-corrected chi connectivity index (χ2v) is 7.60. The summed E-state index contributed by atoms with van der Waals surface area (Å²) in [5.74, 6) is -1.67. The summed E-state index contributed by atoms with van der Waals surface area (Å²) < 4.78 is 5.34. The van der Waals surface area contributed by atoms with Crippen molar-refractivity contribution in [1.82, 2.24) is 15.0 Å². The molecular formula is C20H26N4O5. The van der Waals surface area contributed by atoms with Gasteiger partial charge in [0.05, 0.1) is 5.92 Å². The van der Waals surface area contributed by atoms with Crippen LogP contribution in [0.2, 0.25) is 0 Å². The van der Waals surface area contributed by atoms with E-state index < -0.39 is 18.0 Å². The largest absolute Gasteiger partial charge is 0.479 e. The molecule has 1 aromatic heterocycles. The highest BCUT2D eigenvalue weighted by Gasteiger charge is 2.36. The lowest BCUT2D eigenvalue weighted by molar-refractivity contribution is -0.157. The number of carbonyl (C=O) groups is 2. The van der Waals surface area contributed by atoms with Crippen molar-refractivity contribution in [3.63, 3.8) is 0 Å². The molecule has 0 bridgehead atoms. The lowest BCUT2D eigenvalue weighted by atomic mass is 9.90. The zero-order chi connectivity index (χ0) is 21.0. The number of anilines is 1. The first kappa shape index (κ1) is 20.8. The van der Waals surface area contributed by atoms with E-state index in [2.05, 4.69) is 10.1 Å². The number of amides is 1. The molecule has 1 fully saturated rings. The van der Waals surface area contributed by atoms with Crippen LogP contribution in [0.5, 0.6) is 0 Å². The first-order chi connectivity index (χ1) is 13.9. The molecule has 9 heteroatoms. The third-order valence-corrected chi connectivity index (χ3v) is 4.99. The number of aliphatic carboxylic acids is 1. The third kappa shape index (κ3) is 4.92. The first-order valence-corrected chi connectivity index (χ1v) is 9.70. The van der Waals surface area contributed by atoms with Crippen LogP contribution < -0.4 is 4.90 Å². The molecule has 2 N–H and O–H groups in total. The summed E-state index contributed by atoms with van der Waals surface area (Å²) in [6.45, 7) is 5.58. The summed E-state index contributed by atoms with van der Waals surface area (Å²) in [4.78, 5) is 32.0. The minimum atomic E-state index is -1.70. The zero-order valence-electron chi connectivity index (χ0n) is 16.6. The van der Waals surface area contributed by atoms with E-state index in [1.807, 2.05) is 49.1 Å². The molecule has 9 nitrogen and oxygen atoms in total. The fourth-order valence-corrected chi connectivity index (χ4v) is 3.45. The van der Waals surface area contributed by atoms with Crippen molar-refractivity contribution in [1.29, 1.82) is 0 Å². The monoisotopic (exact) mass is 402 g/mol. The summed E-state index contributed by atoms with van der Waals surface area (Å²) in [5.41, 5.74) is 0.833. The van der Waals surface area contributed by atoms with Gasteiger partial charge >= 0.3 is 5.97 Å². The molecule has 0 saturated carbocycles. The van der Waals surface area contributed by atoms with Crippen LogP contribution in [0, 0.1) is 11.8 Å². The minimum Gasteiger partial charge on any atom is -0.479 e. The van der Waals surface area contributed by atoms with Crippen molar-refractivity contribution < 1.29 is 24.3 Å². The number of hydrogen-bond donors (Lipinski definition) is 2. The van der Waals surface area contributed by atoms with E-state index in [0.29, 0.717) is 44.4 Å². The summed E-state index contributed by atoms with van der Waals surface area (Å²) in [7, 11) is 0. The summed E-state index contributed by atoms with van der Waals surface area (Å²) in [6.07, 6.45) is -1.38. The summed E-state index contributed by atoms with van der Waals surface area (Å²) >= 11 is 0. The van der Waals surface area contributed by atoms with Gasteiger partial charge in [-0.1, -0.05) is 32.0 Å². The quantitative estimate of drug-likeness (QED) is 0.715. The highest BCUT2D eigenvalue weighted by atomic mass is 16.5.